The van der Waals surface area contributed by atoms with Crippen LogP contribution in [0.2, 0.25) is 0 Å². The van der Waals surface area contributed by atoms with Crippen LogP contribution in [0.25, 0.3) is 0 Å². The van der Waals surface area contributed by atoms with E-state index in [0.29, 0.717) is 18.8 Å². The van der Waals surface area contributed by atoms with Crippen LogP contribution in [0.4, 0.5) is 5.82 Å². The van der Waals surface area contributed by atoms with E-state index in [4.69, 9.17) is 9.47 Å². The van der Waals surface area contributed by atoms with E-state index in [1.807, 2.05) is 12.1 Å². The third-order valence-electron chi connectivity index (χ3n) is 4.73. The summed E-state index contributed by atoms with van der Waals surface area (Å²) in [5, 5.41) is 2.85. The minimum absolute atomic E-state index is 0.177. The second kappa shape index (κ2) is 8.70. The first-order valence-electron chi connectivity index (χ1n) is 9.25. The fourth-order valence-corrected chi connectivity index (χ4v) is 3.15. The first-order valence-corrected chi connectivity index (χ1v) is 9.25. The van der Waals surface area contributed by atoms with Gasteiger partial charge in [-0.15, -0.1) is 0 Å². The van der Waals surface area contributed by atoms with E-state index in [9.17, 15) is 4.79 Å². The van der Waals surface area contributed by atoms with Gasteiger partial charge in [0.1, 0.15) is 11.5 Å². The third kappa shape index (κ3) is 4.30. The zero-order valence-corrected chi connectivity index (χ0v) is 16.1. The molecule has 0 saturated heterocycles. The number of hydrogen-bond acceptors (Lipinski definition) is 6. The summed E-state index contributed by atoms with van der Waals surface area (Å²) in [5.41, 5.74) is 2.78. The number of rotatable bonds is 7. The molecule has 1 aliphatic rings. The molecule has 144 valence electrons. The van der Waals surface area contributed by atoms with Crippen molar-refractivity contribution >= 4 is 11.7 Å². The van der Waals surface area contributed by atoms with Gasteiger partial charge in [0, 0.05) is 19.6 Å². The molecule has 0 atom stereocenters. The molecule has 2 aromatic rings. The van der Waals surface area contributed by atoms with Gasteiger partial charge in [0.2, 0.25) is 0 Å². The number of ether oxygens (including phenoxy) is 2. The van der Waals surface area contributed by atoms with Crippen molar-refractivity contribution in [2.75, 3.05) is 32.2 Å². The molecule has 0 unspecified atom stereocenters. The quantitative estimate of drug-likeness (QED) is 0.755. The van der Waals surface area contributed by atoms with Crippen LogP contribution in [0.1, 0.15) is 41.4 Å². The topological polar surface area (TPSA) is 76.6 Å². The highest BCUT2D eigenvalue weighted by molar-refractivity contribution is 5.91. The largest absolute Gasteiger partial charge is 0.493 e. The molecule has 0 fully saturated rings. The van der Waals surface area contributed by atoms with Crippen molar-refractivity contribution in [1.29, 1.82) is 0 Å². The molecular weight excluding hydrogens is 344 g/mol. The van der Waals surface area contributed by atoms with Gasteiger partial charge in [-0.25, -0.2) is 9.97 Å². The molecule has 1 aliphatic heterocycles. The minimum Gasteiger partial charge on any atom is -0.493 e. The number of benzene rings is 1. The summed E-state index contributed by atoms with van der Waals surface area (Å²) >= 11 is 0. The molecule has 0 bridgehead atoms. The number of unbranched alkanes of at least 4 members (excludes halogenated alkanes) is 1. The molecule has 7 nitrogen and oxygen atoms in total. The monoisotopic (exact) mass is 370 g/mol. The predicted molar refractivity (Wildman–Crippen MR) is 104 cm³/mol. The highest BCUT2D eigenvalue weighted by Gasteiger charge is 2.21. The van der Waals surface area contributed by atoms with Crippen molar-refractivity contribution in [2.45, 2.75) is 32.7 Å². The molecule has 3 rings (SSSR count). The first kappa shape index (κ1) is 18.9. The van der Waals surface area contributed by atoms with Gasteiger partial charge >= 0.3 is 0 Å². The van der Waals surface area contributed by atoms with Crippen molar-refractivity contribution in [3.63, 3.8) is 0 Å². The van der Waals surface area contributed by atoms with Crippen LogP contribution in [0.15, 0.2) is 24.5 Å². The molecule has 0 spiro atoms. The lowest BCUT2D eigenvalue weighted by atomic mass is 9.99. The maximum atomic E-state index is 12.0. The molecule has 2 heterocycles. The lowest BCUT2D eigenvalue weighted by Crippen LogP contribution is -2.31. The number of methoxy groups -OCH3 is 2. The zero-order valence-electron chi connectivity index (χ0n) is 16.1. The van der Waals surface area contributed by atoms with Crippen LogP contribution in [-0.4, -0.2) is 43.2 Å². The van der Waals surface area contributed by atoms with Crippen LogP contribution in [0.3, 0.4) is 0 Å². The maximum absolute atomic E-state index is 12.0. The number of nitrogens with zero attached hydrogens (tertiary/aromatic N) is 3. The van der Waals surface area contributed by atoms with E-state index in [0.717, 1.165) is 43.1 Å². The van der Waals surface area contributed by atoms with Crippen LogP contribution in [-0.2, 0) is 13.0 Å². The standard InChI is InChI=1S/C20H26N4O3/c1-4-5-7-21-20(25)16-11-23-19(12-22-16)24-8-6-14-9-17(26-2)18(27-3)10-15(14)13-24/h9-12H,4-8,13H2,1-3H3,(H,21,25). The minimum atomic E-state index is -0.177. The van der Waals surface area contributed by atoms with Gasteiger partial charge in [-0.3, -0.25) is 4.79 Å². The summed E-state index contributed by atoms with van der Waals surface area (Å²) in [7, 11) is 3.29. The number of carbonyl (C=O) groups excluding carboxylic acids is 1. The number of aromatic nitrogens is 2. The fourth-order valence-electron chi connectivity index (χ4n) is 3.15. The first-order chi connectivity index (χ1) is 13.2. The smallest absolute Gasteiger partial charge is 0.271 e. The Kier molecular flexibility index (Phi) is 6.11. The van der Waals surface area contributed by atoms with Gasteiger partial charge in [-0.1, -0.05) is 13.3 Å². The van der Waals surface area contributed by atoms with Gasteiger partial charge in [0.15, 0.2) is 11.5 Å². The average Bonchev–Trinajstić information content (AvgIpc) is 2.72. The van der Waals surface area contributed by atoms with Crippen molar-refractivity contribution < 1.29 is 14.3 Å². The highest BCUT2D eigenvalue weighted by atomic mass is 16.5. The predicted octanol–water partition coefficient (Wildman–Crippen LogP) is 2.59. The average molecular weight is 370 g/mol. The number of anilines is 1. The molecule has 27 heavy (non-hydrogen) atoms. The Labute approximate surface area is 159 Å². The lowest BCUT2D eigenvalue weighted by Gasteiger charge is -2.30. The summed E-state index contributed by atoms with van der Waals surface area (Å²) < 4.78 is 10.8. The molecule has 1 amide bonds. The van der Waals surface area contributed by atoms with E-state index in [2.05, 4.69) is 27.1 Å². The Bertz CT molecular complexity index is 793. The number of fused-ring (bicyclic) bond motifs is 1. The molecule has 1 N–H and O–H groups in total. The zero-order chi connectivity index (χ0) is 19.2. The van der Waals surface area contributed by atoms with Crippen molar-refractivity contribution in [2.24, 2.45) is 0 Å². The SMILES string of the molecule is CCCCNC(=O)c1cnc(N2CCc3cc(OC)c(OC)cc3C2)cn1. The van der Waals surface area contributed by atoms with E-state index < -0.39 is 0 Å². The number of amides is 1. The number of hydrogen-bond donors (Lipinski definition) is 1. The molecule has 0 aliphatic carbocycles. The van der Waals surface area contributed by atoms with Gasteiger partial charge in [0.25, 0.3) is 5.91 Å². The summed E-state index contributed by atoms with van der Waals surface area (Å²) in [6, 6.07) is 4.06. The van der Waals surface area contributed by atoms with E-state index in [-0.39, 0.29) is 5.91 Å². The molecule has 0 radical (unpaired) electrons. The molecule has 1 aromatic heterocycles. The fraction of sp³-hybridized carbons (Fsp3) is 0.450. The van der Waals surface area contributed by atoms with Crippen molar-refractivity contribution in [3.05, 3.63) is 41.3 Å². The summed E-state index contributed by atoms with van der Waals surface area (Å²) in [6.07, 6.45) is 6.09. The lowest BCUT2D eigenvalue weighted by molar-refractivity contribution is 0.0948. The summed E-state index contributed by atoms with van der Waals surface area (Å²) in [6.45, 7) is 4.29. The van der Waals surface area contributed by atoms with Gasteiger partial charge < -0.3 is 19.7 Å². The van der Waals surface area contributed by atoms with Crippen molar-refractivity contribution in [3.8, 4) is 11.5 Å². The van der Waals surface area contributed by atoms with Crippen LogP contribution >= 0.6 is 0 Å². The Morgan fingerprint density at radius 2 is 1.89 bits per heavy atom. The van der Waals surface area contributed by atoms with E-state index >= 15 is 0 Å². The molecule has 1 aromatic carbocycles. The summed E-state index contributed by atoms with van der Waals surface area (Å²) in [4.78, 5) is 22.9. The molecular formula is C20H26N4O3. The Balaban J connectivity index is 1.70. The Hall–Kier alpha value is -2.83. The molecule has 7 heteroatoms. The number of nitrogens with one attached hydrogen (secondary N) is 1. The van der Waals surface area contributed by atoms with Crippen LogP contribution in [0.5, 0.6) is 11.5 Å². The van der Waals surface area contributed by atoms with Gasteiger partial charge in [0.05, 0.1) is 26.6 Å². The third-order valence-corrected chi connectivity index (χ3v) is 4.73. The van der Waals surface area contributed by atoms with E-state index in [1.165, 1.54) is 11.1 Å². The van der Waals surface area contributed by atoms with Crippen LogP contribution in [0, 0.1) is 0 Å². The van der Waals surface area contributed by atoms with Crippen LogP contribution < -0.4 is 19.7 Å². The van der Waals surface area contributed by atoms with Crippen molar-refractivity contribution in [1.82, 2.24) is 15.3 Å². The van der Waals surface area contributed by atoms with Gasteiger partial charge in [-0.2, -0.15) is 0 Å². The maximum Gasteiger partial charge on any atom is 0.271 e. The highest BCUT2D eigenvalue weighted by Crippen LogP contribution is 2.33. The Morgan fingerprint density at radius 1 is 1.15 bits per heavy atom. The van der Waals surface area contributed by atoms with E-state index in [1.54, 1.807) is 26.6 Å². The number of carbonyl (C=O) groups is 1. The normalized spacial score (nSPS) is 13.1. The Morgan fingerprint density at radius 3 is 2.52 bits per heavy atom. The summed E-state index contributed by atoms with van der Waals surface area (Å²) in [5.74, 6) is 2.06. The second-order valence-electron chi connectivity index (χ2n) is 6.52. The second-order valence-corrected chi connectivity index (χ2v) is 6.52. The van der Waals surface area contributed by atoms with Gasteiger partial charge in [-0.05, 0) is 36.1 Å². The molecule has 0 saturated carbocycles.